The lowest BCUT2D eigenvalue weighted by Crippen LogP contribution is -1.91. The van der Waals surface area contributed by atoms with Crippen LogP contribution >= 0.6 is 0 Å². The quantitative estimate of drug-likeness (QED) is 0.266. The van der Waals surface area contributed by atoms with Crippen LogP contribution in [0, 0.1) is 11.3 Å². The Morgan fingerprint density at radius 1 is 0.438 bits per heavy atom. The number of nitrogens with zero attached hydrogens (tertiary/aromatic N) is 1. The molecule has 0 aliphatic rings. The summed E-state index contributed by atoms with van der Waals surface area (Å²) in [4.78, 5) is 0. The van der Waals surface area contributed by atoms with E-state index in [2.05, 4.69) is 103 Å². The predicted octanol–water partition coefficient (Wildman–Crippen LogP) is 8.35. The van der Waals surface area contributed by atoms with Crippen molar-refractivity contribution >= 4 is 32.3 Å². The highest BCUT2D eigenvalue weighted by atomic mass is 14.2. The summed E-state index contributed by atoms with van der Waals surface area (Å²) >= 11 is 0. The summed E-state index contributed by atoms with van der Waals surface area (Å²) in [6, 6.07) is 42.7. The maximum absolute atomic E-state index is 9.46. The first-order chi connectivity index (χ1) is 15.8. The topological polar surface area (TPSA) is 23.8 Å². The number of rotatable bonds is 2. The van der Waals surface area contributed by atoms with E-state index in [1.165, 1.54) is 49.0 Å². The number of hydrogen-bond donors (Lipinski definition) is 0. The van der Waals surface area contributed by atoms with Crippen LogP contribution in [0.25, 0.3) is 54.6 Å². The van der Waals surface area contributed by atoms with E-state index >= 15 is 0 Å². The molecule has 0 atom stereocenters. The predicted molar refractivity (Wildman–Crippen MR) is 135 cm³/mol. The molecule has 0 N–H and O–H groups in total. The summed E-state index contributed by atoms with van der Waals surface area (Å²) in [6.45, 7) is 0. The van der Waals surface area contributed by atoms with Gasteiger partial charge in [-0.15, -0.1) is 0 Å². The molecule has 0 amide bonds. The SMILES string of the molecule is N#Cc1cccc(-c2c3ccccc3c(-c3ccc4ccccc4c3)c3ccccc23)c1. The average molecular weight is 406 g/mol. The highest BCUT2D eigenvalue weighted by molar-refractivity contribution is 6.21. The van der Waals surface area contributed by atoms with Crippen molar-refractivity contribution in [1.29, 1.82) is 5.26 Å². The van der Waals surface area contributed by atoms with Crippen LogP contribution in [0.3, 0.4) is 0 Å². The lowest BCUT2D eigenvalue weighted by molar-refractivity contribution is 1.48. The van der Waals surface area contributed by atoms with Crippen LogP contribution < -0.4 is 0 Å². The fraction of sp³-hybridized carbons (Fsp3) is 0. The van der Waals surface area contributed by atoms with Gasteiger partial charge in [0.15, 0.2) is 0 Å². The molecule has 0 saturated heterocycles. The van der Waals surface area contributed by atoms with E-state index in [0.29, 0.717) is 5.56 Å². The van der Waals surface area contributed by atoms with Gasteiger partial charge < -0.3 is 0 Å². The van der Waals surface area contributed by atoms with Crippen LogP contribution in [0.4, 0.5) is 0 Å². The molecule has 0 aliphatic carbocycles. The molecule has 0 spiro atoms. The van der Waals surface area contributed by atoms with Gasteiger partial charge in [-0.2, -0.15) is 5.26 Å². The van der Waals surface area contributed by atoms with Gasteiger partial charge in [0, 0.05) is 0 Å². The van der Waals surface area contributed by atoms with Crippen molar-refractivity contribution in [3.63, 3.8) is 0 Å². The van der Waals surface area contributed by atoms with Crippen molar-refractivity contribution in [3.8, 4) is 28.3 Å². The van der Waals surface area contributed by atoms with Gasteiger partial charge in [0.1, 0.15) is 0 Å². The fourth-order valence-electron chi connectivity index (χ4n) is 4.84. The zero-order valence-electron chi connectivity index (χ0n) is 17.4. The van der Waals surface area contributed by atoms with Crippen LogP contribution in [0.15, 0.2) is 115 Å². The Kier molecular flexibility index (Phi) is 4.23. The summed E-state index contributed by atoms with van der Waals surface area (Å²) in [5.74, 6) is 0. The molecule has 0 radical (unpaired) electrons. The zero-order chi connectivity index (χ0) is 21.5. The zero-order valence-corrected chi connectivity index (χ0v) is 17.4. The third-order valence-corrected chi connectivity index (χ3v) is 6.25. The molecule has 6 rings (SSSR count). The van der Waals surface area contributed by atoms with Crippen LogP contribution in [-0.2, 0) is 0 Å². The molecule has 0 heterocycles. The van der Waals surface area contributed by atoms with Gasteiger partial charge >= 0.3 is 0 Å². The van der Waals surface area contributed by atoms with E-state index in [9.17, 15) is 5.26 Å². The van der Waals surface area contributed by atoms with Crippen molar-refractivity contribution < 1.29 is 0 Å². The second-order valence-corrected chi connectivity index (χ2v) is 8.10. The smallest absolute Gasteiger partial charge is 0.0991 e. The minimum Gasteiger partial charge on any atom is -0.192 e. The lowest BCUT2D eigenvalue weighted by Gasteiger charge is -2.18. The number of benzene rings is 6. The fourth-order valence-corrected chi connectivity index (χ4v) is 4.84. The van der Waals surface area contributed by atoms with Crippen molar-refractivity contribution in [2.24, 2.45) is 0 Å². The molecule has 0 bridgehead atoms. The van der Waals surface area contributed by atoms with Gasteiger partial charge in [-0.25, -0.2) is 0 Å². The van der Waals surface area contributed by atoms with E-state index in [1.807, 2.05) is 18.2 Å². The van der Waals surface area contributed by atoms with E-state index in [4.69, 9.17) is 0 Å². The third kappa shape index (κ3) is 2.86. The first-order valence-electron chi connectivity index (χ1n) is 10.8. The van der Waals surface area contributed by atoms with Crippen molar-refractivity contribution in [2.75, 3.05) is 0 Å². The Morgan fingerprint density at radius 2 is 0.969 bits per heavy atom. The maximum atomic E-state index is 9.46. The number of fused-ring (bicyclic) bond motifs is 3. The van der Waals surface area contributed by atoms with Crippen LogP contribution in [0.2, 0.25) is 0 Å². The Balaban J connectivity index is 1.77. The molecule has 1 nitrogen and oxygen atoms in total. The monoisotopic (exact) mass is 405 g/mol. The molecule has 32 heavy (non-hydrogen) atoms. The summed E-state index contributed by atoms with van der Waals surface area (Å²) < 4.78 is 0. The minimum absolute atomic E-state index is 0.675. The van der Waals surface area contributed by atoms with E-state index in [-0.39, 0.29) is 0 Å². The molecule has 148 valence electrons. The molecule has 6 aromatic rings. The second-order valence-electron chi connectivity index (χ2n) is 8.10. The van der Waals surface area contributed by atoms with Crippen LogP contribution in [-0.4, -0.2) is 0 Å². The molecular formula is C31H19N. The molecule has 0 saturated carbocycles. The summed E-state index contributed by atoms with van der Waals surface area (Å²) in [6.07, 6.45) is 0. The molecule has 0 fully saturated rings. The van der Waals surface area contributed by atoms with Gasteiger partial charge in [-0.1, -0.05) is 97.1 Å². The van der Waals surface area contributed by atoms with Crippen molar-refractivity contribution in [1.82, 2.24) is 0 Å². The van der Waals surface area contributed by atoms with Gasteiger partial charge in [0.25, 0.3) is 0 Å². The highest BCUT2D eigenvalue weighted by Gasteiger charge is 2.16. The lowest BCUT2D eigenvalue weighted by atomic mass is 9.85. The second kappa shape index (κ2) is 7.38. The molecule has 6 aromatic carbocycles. The number of hydrogen-bond acceptors (Lipinski definition) is 1. The van der Waals surface area contributed by atoms with E-state index in [1.54, 1.807) is 0 Å². The third-order valence-electron chi connectivity index (χ3n) is 6.25. The number of nitriles is 1. The highest BCUT2D eigenvalue weighted by Crippen LogP contribution is 2.44. The first kappa shape index (κ1) is 18.4. The Bertz CT molecular complexity index is 1630. The normalized spacial score (nSPS) is 11.1. The summed E-state index contributed by atoms with van der Waals surface area (Å²) in [5.41, 5.74) is 5.39. The molecule has 0 aliphatic heterocycles. The molecular weight excluding hydrogens is 386 g/mol. The van der Waals surface area contributed by atoms with Crippen LogP contribution in [0.5, 0.6) is 0 Å². The van der Waals surface area contributed by atoms with Crippen molar-refractivity contribution in [3.05, 3.63) is 121 Å². The Hall–Kier alpha value is -4.41. The largest absolute Gasteiger partial charge is 0.192 e. The summed E-state index contributed by atoms with van der Waals surface area (Å²) in [7, 11) is 0. The maximum Gasteiger partial charge on any atom is 0.0991 e. The standard InChI is InChI=1S/C31H19N/c32-20-21-8-7-11-24(18-21)30-26-12-3-5-14-28(26)31(29-15-6-4-13-27(29)30)25-17-16-22-9-1-2-10-23(22)19-25/h1-19H. The van der Waals surface area contributed by atoms with Gasteiger partial charge in [0.2, 0.25) is 0 Å². The van der Waals surface area contributed by atoms with Gasteiger partial charge in [-0.3, -0.25) is 0 Å². The van der Waals surface area contributed by atoms with Gasteiger partial charge in [-0.05, 0) is 72.8 Å². The minimum atomic E-state index is 0.675. The molecule has 0 unspecified atom stereocenters. The Morgan fingerprint density at radius 3 is 1.56 bits per heavy atom. The van der Waals surface area contributed by atoms with E-state index in [0.717, 1.165) is 5.56 Å². The van der Waals surface area contributed by atoms with Crippen LogP contribution in [0.1, 0.15) is 5.56 Å². The summed E-state index contributed by atoms with van der Waals surface area (Å²) in [5, 5.41) is 16.8. The van der Waals surface area contributed by atoms with Crippen molar-refractivity contribution in [2.45, 2.75) is 0 Å². The van der Waals surface area contributed by atoms with Gasteiger partial charge in [0.05, 0.1) is 11.6 Å². The average Bonchev–Trinajstić information content (AvgIpc) is 2.87. The molecule has 0 aromatic heterocycles. The first-order valence-corrected chi connectivity index (χ1v) is 10.8. The Labute approximate surface area is 186 Å². The van der Waals surface area contributed by atoms with E-state index < -0.39 is 0 Å². The molecule has 1 heteroatoms.